The Bertz CT molecular complexity index is 795. The average Bonchev–Trinajstić information content (AvgIpc) is 3.03. The second kappa shape index (κ2) is 7.09. The SMILES string of the molecule is COc1cccc(-c2n[nH]c3c2CN(C(=O)C(=O)CC(C)C)CC3)c1. The van der Waals surface area contributed by atoms with Gasteiger partial charge in [-0.05, 0) is 18.1 Å². The molecule has 0 radical (unpaired) electrons. The zero-order valence-electron chi connectivity index (χ0n) is 14.8. The van der Waals surface area contributed by atoms with Crippen LogP contribution < -0.4 is 4.74 Å². The highest BCUT2D eigenvalue weighted by Gasteiger charge is 2.29. The van der Waals surface area contributed by atoms with Crippen molar-refractivity contribution in [3.8, 4) is 17.0 Å². The second-order valence-electron chi connectivity index (χ2n) is 6.76. The van der Waals surface area contributed by atoms with E-state index >= 15 is 0 Å². The number of benzene rings is 1. The number of Topliss-reactive ketones (excluding diaryl/α,β-unsaturated/α-hetero) is 1. The molecule has 0 saturated heterocycles. The molecule has 2 aromatic rings. The van der Waals surface area contributed by atoms with Gasteiger partial charge in [0.1, 0.15) is 5.75 Å². The van der Waals surface area contributed by atoms with E-state index in [1.165, 1.54) is 0 Å². The standard InChI is InChI=1S/C19H23N3O3/c1-12(2)9-17(23)19(24)22-8-7-16-15(11-22)18(21-20-16)13-5-4-6-14(10-13)25-3/h4-6,10,12H,7-9,11H2,1-3H3,(H,20,21). The van der Waals surface area contributed by atoms with E-state index in [1.54, 1.807) is 12.0 Å². The lowest BCUT2D eigenvalue weighted by atomic mass is 9.99. The molecule has 1 aromatic carbocycles. The van der Waals surface area contributed by atoms with Crippen LogP contribution in [0.15, 0.2) is 24.3 Å². The van der Waals surface area contributed by atoms with Gasteiger partial charge in [-0.3, -0.25) is 14.7 Å². The Kier molecular flexibility index (Phi) is 4.88. The van der Waals surface area contributed by atoms with Crippen molar-refractivity contribution in [2.24, 2.45) is 5.92 Å². The third-order valence-corrected chi connectivity index (χ3v) is 4.40. The fourth-order valence-electron chi connectivity index (χ4n) is 3.11. The van der Waals surface area contributed by atoms with Crippen molar-refractivity contribution in [2.75, 3.05) is 13.7 Å². The van der Waals surface area contributed by atoms with Gasteiger partial charge in [-0.1, -0.05) is 26.0 Å². The van der Waals surface area contributed by atoms with Crippen LogP contribution >= 0.6 is 0 Å². The number of aromatic amines is 1. The summed E-state index contributed by atoms with van der Waals surface area (Å²) >= 11 is 0. The quantitative estimate of drug-likeness (QED) is 0.848. The molecule has 132 valence electrons. The molecule has 1 aromatic heterocycles. The highest BCUT2D eigenvalue weighted by Crippen LogP contribution is 2.30. The molecule has 25 heavy (non-hydrogen) atoms. The van der Waals surface area contributed by atoms with E-state index in [-0.39, 0.29) is 18.1 Å². The summed E-state index contributed by atoms with van der Waals surface area (Å²) in [5.41, 5.74) is 3.74. The lowest BCUT2D eigenvalue weighted by Crippen LogP contribution is -2.40. The maximum atomic E-state index is 12.4. The number of methoxy groups -OCH3 is 1. The largest absolute Gasteiger partial charge is 0.497 e. The summed E-state index contributed by atoms with van der Waals surface area (Å²) in [5.74, 6) is 0.227. The fourth-order valence-corrected chi connectivity index (χ4v) is 3.11. The van der Waals surface area contributed by atoms with Gasteiger partial charge in [-0.25, -0.2) is 0 Å². The molecular weight excluding hydrogens is 318 g/mol. The number of nitrogens with one attached hydrogen (secondary N) is 1. The number of amides is 1. The molecule has 0 unspecified atom stereocenters. The van der Waals surface area contributed by atoms with Gasteiger partial charge in [0.25, 0.3) is 5.91 Å². The van der Waals surface area contributed by atoms with Crippen molar-refractivity contribution < 1.29 is 14.3 Å². The van der Waals surface area contributed by atoms with Crippen LogP contribution in [0, 0.1) is 5.92 Å². The van der Waals surface area contributed by atoms with Crippen molar-refractivity contribution in [1.29, 1.82) is 0 Å². The summed E-state index contributed by atoms with van der Waals surface area (Å²) in [6.07, 6.45) is 0.962. The number of aromatic nitrogens is 2. The predicted molar refractivity (Wildman–Crippen MR) is 94.2 cm³/mol. The number of carbonyl (C=O) groups is 2. The molecule has 1 N–H and O–H groups in total. The Hall–Kier alpha value is -2.63. The Balaban J connectivity index is 1.84. The van der Waals surface area contributed by atoms with Crippen LogP contribution in [0.5, 0.6) is 5.75 Å². The minimum atomic E-state index is -0.392. The van der Waals surface area contributed by atoms with Crippen molar-refractivity contribution >= 4 is 11.7 Å². The topological polar surface area (TPSA) is 75.3 Å². The summed E-state index contributed by atoms with van der Waals surface area (Å²) in [5, 5.41) is 7.50. The minimum absolute atomic E-state index is 0.179. The molecule has 1 amide bonds. The summed E-state index contributed by atoms with van der Waals surface area (Å²) < 4.78 is 5.28. The molecule has 2 heterocycles. The first-order chi connectivity index (χ1) is 12.0. The van der Waals surface area contributed by atoms with Crippen molar-refractivity contribution in [3.63, 3.8) is 0 Å². The molecule has 0 spiro atoms. The van der Waals surface area contributed by atoms with Gasteiger partial charge >= 0.3 is 0 Å². The first-order valence-corrected chi connectivity index (χ1v) is 8.52. The summed E-state index contributed by atoms with van der Waals surface area (Å²) in [4.78, 5) is 26.2. The van der Waals surface area contributed by atoms with Crippen LogP contribution in [0.2, 0.25) is 0 Å². The summed E-state index contributed by atoms with van der Waals surface area (Å²) in [7, 11) is 1.62. The third-order valence-electron chi connectivity index (χ3n) is 4.40. The van der Waals surface area contributed by atoms with Gasteiger partial charge in [0, 0.05) is 36.2 Å². The smallest absolute Gasteiger partial charge is 0.290 e. The Morgan fingerprint density at radius 3 is 2.88 bits per heavy atom. The number of hydrogen-bond acceptors (Lipinski definition) is 4. The number of ketones is 1. The number of nitrogens with zero attached hydrogens (tertiary/aromatic N) is 2. The van der Waals surface area contributed by atoms with Crippen molar-refractivity contribution in [3.05, 3.63) is 35.5 Å². The van der Waals surface area contributed by atoms with E-state index in [1.807, 2.05) is 38.1 Å². The Morgan fingerprint density at radius 2 is 2.16 bits per heavy atom. The maximum Gasteiger partial charge on any atom is 0.290 e. The van der Waals surface area contributed by atoms with Gasteiger partial charge in [-0.2, -0.15) is 5.10 Å². The Labute approximate surface area is 147 Å². The fraction of sp³-hybridized carbons (Fsp3) is 0.421. The molecule has 6 heteroatoms. The van der Waals surface area contributed by atoms with Crippen molar-refractivity contribution in [1.82, 2.24) is 15.1 Å². The average molecular weight is 341 g/mol. The van der Waals surface area contributed by atoms with Crippen LogP contribution in [-0.2, 0) is 22.6 Å². The first kappa shape index (κ1) is 17.2. The van der Waals surface area contributed by atoms with E-state index in [0.717, 1.165) is 28.3 Å². The van der Waals surface area contributed by atoms with Crippen LogP contribution in [-0.4, -0.2) is 40.4 Å². The predicted octanol–water partition coefficient (Wildman–Crippen LogP) is 2.59. The van der Waals surface area contributed by atoms with E-state index in [9.17, 15) is 9.59 Å². The van der Waals surface area contributed by atoms with Gasteiger partial charge in [-0.15, -0.1) is 0 Å². The number of ether oxygens (including phenoxy) is 1. The van der Waals surface area contributed by atoms with Crippen LogP contribution in [0.4, 0.5) is 0 Å². The molecule has 0 saturated carbocycles. The number of hydrogen-bond donors (Lipinski definition) is 1. The molecule has 1 aliphatic rings. The molecule has 6 nitrogen and oxygen atoms in total. The molecule has 0 atom stereocenters. The zero-order chi connectivity index (χ0) is 18.0. The van der Waals surface area contributed by atoms with Gasteiger partial charge < -0.3 is 9.64 Å². The monoisotopic (exact) mass is 341 g/mol. The second-order valence-corrected chi connectivity index (χ2v) is 6.76. The zero-order valence-corrected chi connectivity index (χ0v) is 14.8. The molecule has 0 aliphatic carbocycles. The van der Waals surface area contributed by atoms with Gasteiger partial charge in [0.05, 0.1) is 19.3 Å². The molecule has 1 aliphatic heterocycles. The van der Waals surface area contributed by atoms with E-state index < -0.39 is 5.91 Å². The lowest BCUT2D eigenvalue weighted by molar-refractivity contribution is -0.145. The van der Waals surface area contributed by atoms with Gasteiger partial charge in [0.2, 0.25) is 5.78 Å². The third kappa shape index (κ3) is 3.57. The molecule has 0 bridgehead atoms. The number of carbonyl (C=O) groups excluding carboxylic acids is 2. The van der Waals surface area contributed by atoms with Crippen LogP contribution in [0.3, 0.4) is 0 Å². The van der Waals surface area contributed by atoms with E-state index in [4.69, 9.17) is 4.74 Å². The highest BCUT2D eigenvalue weighted by atomic mass is 16.5. The highest BCUT2D eigenvalue weighted by molar-refractivity contribution is 6.36. The summed E-state index contributed by atoms with van der Waals surface area (Å²) in [6, 6.07) is 7.67. The Morgan fingerprint density at radius 1 is 1.36 bits per heavy atom. The normalized spacial score (nSPS) is 13.7. The van der Waals surface area contributed by atoms with E-state index in [0.29, 0.717) is 19.5 Å². The molecule has 3 rings (SSSR count). The lowest BCUT2D eigenvalue weighted by Gasteiger charge is -2.26. The first-order valence-electron chi connectivity index (χ1n) is 8.52. The molecule has 0 fully saturated rings. The van der Waals surface area contributed by atoms with Crippen LogP contribution in [0.25, 0.3) is 11.3 Å². The number of fused-ring (bicyclic) bond motifs is 1. The maximum absolute atomic E-state index is 12.4. The van der Waals surface area contributed by atoms with E-state index in [2.05, 4.69) is 10.2 Å². The minimum Gasteiger partial charge on any atom is -0.497 e. The van der Waals surface area contributed by atoms with Gasteiger partial charge in [0.15, 0.2) is 0 Å². The number of H-pyrrole nitrogens is 1. The van der Waals surface area contributed by atoms with Crippen molar-refractivity contribution in [2.45, 2.75) is 33.2 Å². The molecular formula is C19H23N3O3. The number of rotatable bonds is 5. The summed E-state index contributed by atoms with van der Waals surface area (Å²) in [6.45, 7) is 4.82. The van der Waals surface area contributed by atoms with Crippen LogP contribution in [0.1, 0.15) is 31.5 Å².